The number of aromatic nitrogens is 1. The van der Waals surface area contributed by atoms with Gasteiger partial charge >= 0.3 is 0 Å². The minimum atomic E-state index is 0.574. The van der Waals surface area contributed by atoms with Crippen molar-refractivity contribution in [3.8, 4) is 0 Å². The standard InChI is InChI=1S/C10H15N5/c11-10(15-6-4-12-5-7-15)14-9-2-1-3-13-8-9/h1-3,8,12H,4-7H2,(H2,11,14). The summed E-state index contributed by atoms with van der Waals surface area (Å²) in [6.07, 6.45) is 3.43. The normalized spacial score (nSPS) is 17.9. The molecule has 2 rings (SSSR count). The van der Waals surface area contributed by atoms with Gasteiger partial charge in [0, 0.05) is 32.4 Å². The molecule has 0 amide bonds. The first-order chi connectivity index (χ1) is 7.36. The SMILES string of the molecule is NC(=Nc1cccnc1)N1CCNCC1. The van der Waals surface area contributed by atoms with Crippen LogP contribution in [-0.4, -0.2) is 42.0 Å². The van der Waals surface area contributed by atoms with E-state index < -0.39 is 0 Å². The number of rotatable bonds is 1. The van der Waals surface area contributed by atoms with E-state index in [2.05, 4.69) is 20.2 Å². The lowest BCUT2D eigenvalue weighted by molar-refractivity contribution is 0.354. The lowest BCUT2D eigenvalue weighted by Gasteiger charge is -2.28. The van der Waals surface area contributed by atoms with Crippen molar-refractivity contribution in [2.45, 2.75) is 0 Å². The number of pyridine rings is 1. The van der Waals surface area contributed by atoms with Crippen LogP contribution in [0.5, 0.6) is 0 Å². The van der Waals surface area contributed by atoms with E-state index in [-0.39, 0.29) is 0 Å². The van der Waals surface area contributed by atoms with Crippen LogP contribution >= 0.6 is 0 Å². The van der Waals surface area contributed by atoms with Gasteiger partial charge in [-0.3, -0.25) is 4.98 Å². The molecule has 1 aliphatic heterocycles. The van der Waals surface area contributed by atoms with Gasteiger partial charge in [-0.2, -0.15) is 0 Å². The van der Waals surface area contributed by atoms with Crippen molar-refractivity contribution in [3.63, 3.8) is 0 Å². The lowest BCUT2D eigenvalue weighted by atomic mass is 10.4. The Hall–Kier alpha value is -1.62. The van der Waals surface area contributed by atoms with E-state index in [9.17, 15) is 0 Å². The van der Waals surface area contributed by atoms with Crippen LogP contribution in [0.2, 0.25) is 0 Å². The van der Waals surface area contributed by atoms with Gasteiger partial charge in [0.1, 0.15) is 0 Å². The van der Waals surface area contributed by atoms with Crippen LogP contribution in [0.1, 0.15) is 0 Å². The summed E-state index contributed by atoms with van der Waals surface area (Å²) in [6, 6.07) is 3.74. The zero-order valence-corrected chi connectivity index (χ0v) is 8.56. The van der Waals surface area contributed by atoms with Crippen LogP contribution in [0, 0.1) is 0 Å². The first-order valence-electron chi connectivity index (χ1n) is 5.06. The van der Waals surface area contributed by atoms with Crippen molar-refractivity contribution in [1.29, 1.82) is 0 Å². The van der Waals surface area contributed by atoms with Gasteiger partial charge in [-0.05, 0) is 12.1 Å². The molecular formula is C10H15N5. The molecule has 0 saturated carbocycles. The van der Waals surface area contributed by atoms with Crippen LogP contribution in [0.4, 0.5) is 5.69 Å². The third kappa shape index (κ3) is 2.66. The summed E-state index contributed by atoms with van der Waals surface area (Å²) in [5.41, 5.74) is 6.70. The van der Waals surface area contributed by atoms with Gasteiger partial charge in [-0.1, -0.05) is 0 Å². The molecule has 0 bridgehead atoms. The molecule has 0 unspecified atom stereocenters. The molecular weight excluding hydrogens is 190 g/mol. The van der Waals surface area contributed by atoms with E-state index in [4.69, 9.17) is 5.73 Å². The van der Waals surface area contributed by atoms with Crippen LogP contribution in [0.3, 0.4) is 0 Å². The Kier molecular flexibility index (Phi) is 3.14. The first kappa shape index (κ1) is 9.92. The summed E-state index contributed by atoms with van der Waals surface area (Å²) >= 11 is 0. The van der Waals surface area contributed by atoms with Gasteiger partial charge in [0.15, 0.2) is 5.96 Å². The average molecular weight is 205 g/mol. The molecule has 5 heteroatoms. The van der Waals surface area contributed by atoms with Crippen LogP contribution in [-0.2, 0) is 0 Å². The number of piperazine rings is 1. The summed E-state index contributed by atoms with van der Waals surface area (Å²) in [5, 5.41) is 3.27. The molecule has 1 aromatic rings. The molecule has 1 saturated heterocycles. The number of nitrogens with one attached hydrogen (secondary N) is 1. The van der Waals surface area contributed by atoms with E-state index in [1.165, 1.54) is 0 Å². The fraction of sp³-hybridized carbons (Fsp3) is 0.400. The molecule has 5 nitrogen and oxygen atoms in total. The fourth-order valence-electron chi connectivity index (χ4n) is 1.52. The van der Waals surface area contributed by atoms with E-state index in [0.717, 1.165) is 31.9 Å². The molecule has 1 aliphatic rings. The number of hydrogen-bond acceptors (Lipinski definition) is 3. The van der Waals surface area contributed by atoms with Gasteiger partial charge in [-0.15, -0.1) is 0 Å². The highest BCUT2D eigenvalue weighted by molar-refractivity contribution is 5.81. The van der Waals surface area contributed by atoms with E-state index in [0.29, 0.717) is 5.96 Å². The zero-order valence-electron chi connectivity index (χ0n) is 8.56. The summed E-state index contributed by atoms with van der Waals surface area (Å²) in [7, 11) is 0. The van der Waals surface area contributed by atoms with Crippen molar-refractivity contribution >= 4 is 11.6 Å². The lowest BCUT2D eigenvalue weighted by Crippen LogP contribution is -2.49. The predicted molar refractivity (Wildman–Crippen MR) is 60.0 cm³/mol. The van der Waals surface area contributed by atoms with Crippen LogP contribution in [0.25, 0.3) is 0 Å². The average Bonchev–Trinajstić information content (AvgIpc) is 2.31. The highest BCUT2D eigenvalue weighted by Gasteiger charge is 2.11. The summed E-state index contributed by atoms with van der Waals surface area (Å²) in [5.74, 6) is 0.574. The minimum Gasteiger partial charge on any atom is -0.369 e. The topological polar surface area (TPSA) is 66.5 Å². The highest BCUT2D eigenvalue weighted by atomic mass is 15.3. The Labute approximate surface area is 89.0 Å². The van der Waals surface area contributed by atoms with E-state index in [1.54, 1.807) is 12.4 Å². The number of nitrogens with two attached hydrogens (primary N) is 1. The van der Waals surface area contributed by atoms with Crippen molar-refractivity contribution in [1.82, 2.24) is 15.2 Å². The Morgan fingerprint density at radius 3 is 2.93 bits per heavy atom. The van der Waals surface area contributed by atoms with Gasteiger partial charge in [-0.25, -0.2) is 4.99 Å². The molecule has 2 heterocycles. The molecule has 3 N–H and O–H groups in total. The summed E-state index contributed by atoms with van der Waals surface area (Å²) in [6.45, 7) is 3.75. The Bertz CT molecular complexity index is 329. The Morgan fingerprint density at radius 1 is 1.47 bits per heavy atom. The molecule has 0 aliphatic carbocycles. The fourth-order valence-corrected chi connectivity index (χ4v) is 1.52. The number of aliphatic imine (C=N–C) groups is 1. The maximum atomic E-state index is 5.90. The maximum absolute atomic E-state index is 5.90. The van der Waals surface area contributed by atoms with E-state index in [1.807, 2.05) is 12.1 Å². The highest BCUT2D eigenvalue weighted by Crippen LogP contribution is 2.08. The van der Waals surface area contributed by atoms with Gasteiger partial charge in [0.25, 0.3) is 0 Å². The van der Waals surface area contributed by atoms with Gasteiger partial charge in [0.05, 0.1) is 11.9 Å². The molecule has 0 radical (unpaired) electrons. The molecule has 0 atom stereocenters. The first-order valence-corrected chi connectivity index (χ1v) is 5.06. The van der Waals surface area contributed by atoms with Gasteiger partial charge < -0.3 is 16.0 Å². The van der Waals surface area contributed by atoms with E-state index >= 15 is 0 Å². The molecule has 0 aromatic carbocycles. The third-order valence-electron chi connectivity index (χ3n) is 2.33. The monoisotopic (exact) mass is 205 g/mol. The van der Waals surface area contributed by atoms with Crippen LogP contribution in [0.15, 0.2) is 29.5 Å². The molecule has 15 heavy (non-hydrogen) atoms. The minimum absolute atomic E-state index is 0.574. The number of nitrogens with zero attached hydrogens (tertiary/aromatic N) is 3. The second-order valence-electron chi connectivity index (χ2n) is 3.42. The maximum Gasteiger partial charge on any atom is 0.196 e. The largest absolute Gasteiger partial charge is 0.369 e. The van der Waals surface area contributed by atoms with Crippen molar-refractivity contribution in [3.05, 3.63) is 24.5 Å². The number of guanidine groups is 1. The van der Waals surface area contributed by atoms with Crippen LogP contribution < -0.4 is 11.1 Å². The smallest absolute Gasteiger partial charge is 0.196 e. The molecule has 0 spiro atoms. The molecule has 1 aromatic heterocycles. The second kappa shape index (κ2) is 4.75. The van der Waals surface area contributed by atoms with Gasteiger partial charge in [0.2, 0.25) is 0 Å². The van der Waals surface area contributed by atoms with Crippen molar-refractivity contribution < 1.29 is 0 Å². The Morgan fingerprint density at radius 2 is 2.27 bits per heavy atom. The van der Waals surface area contributed by atoms with Crippen molar-refractivity contribution in [2.75, 3.05) is 26.2 Å². The molecule has 1 fully saturated rings. The Balaban J connectivity index is 2.06. The van der Waals surface area contributed by atoms with Crippen molar-refractivity contribution in [2.24, 2.45) is 10.7 Å². The molecule has 80 valence electrons. The zero-order chi connectivity index (χ0) is 10.5. The quantitative estimate of drug-likeness (QED) is 0.497. The third-order valence-corrected chi connectivity index (χ3v) is 2.33. The summed E-state index contributed by atoms with van der Waals surface area (Å²) < 4.78 is 0. The second-order valence-corrected chi connectivity index (χ2v) is 3.42. The predicted octanol–water partition coefficient (Wildman–Crippen LogP) is -0.0670. The summed E-state index contributed by atoms with van der Waals surface area (Å²) in [4.78, 5) is 10.4. The number of hydrogen-bond donors (Lipinski definition) is 2.